The van der Waals surface area contributed by atoms with Crippen molar-refractivity contribution in [2.75, 3.05) is 6.54 Å². The highest BCUT2D eigenvalue weighted by atomic mass is 19.4. The largest absolute Gasteiger partial charge is 0.460 e. The van der Waals surface area contributed by atoms with Crippen molar-refractivity contribution in [1.29, 1.82) is 5.26 Å². The van der Waals surface area contributed by atoms with Gasteiger partial charge in [0.25, 0.3) is 5.91 Å². The van der Waals surface area contributed by atoms with Crippen LogP contribution in [0.3, 0.4) is 0 Å². The predicted octanol–water partition coefficient (Wildman–Crippen LogP) is 5.75. The molecule has 2 heterocycles. The number of amides is 1. The molecule has 1 N–H and O–H groups in total. The first-order chi connectivity index (χ1) is 15.8. The average Bonchev–Trinajstić information content (AvgIpc) is 3.21. The van der Waals surface area contributed by atoms with Gasteiger partial charge in [0.1, 0.15) is 11.3 Å². The van der Waals surface area contributed by atoms with Gasteiger partial charge in [-0.1, -0.05) is 30.3 Å². The summed E-state index contributed by atoms with van der Waals surface area (Å²) in [6, 6.07) is 15.8. The van der Waals surface area contributed by atoms with Gasteiger partial charge in [-0.25, -0.2) is 0 Å². The Balaban J connectivity index is 1.63. The molecule has 0 spiro atoms. The van der Waals surface area contributed by atoms with Crippen LogP contribution in [0, 0.1) is 11.3 Å². The van der Waals surface area contributed by atoms with Gasteiger partial charge in [-0.3, -0.25) is 9.78 Å². The SMILES string of the molecule is N#CCCNC(=O)c1cccc(-c2cncc3cc(Cc4cccc(C(F)(F)F)c4)oc23)c1. The van der Waals surface area contributed by atoms with Crippen molar-refractivity contribution in [2.24, 2.45) is 0 Å². The monoisotopic (exact) mass is 449 g/mol. The Morgan fingerprint density at radius 3 is 2.70 bits per heavy atom. The van der Waals surface area contributed by atoms with Crippen LogP contribution in [-0.4, -0.2) is 17.4 Å². The van der Waals surface area contributed by atoms with E-state index in [1.165, 1.54) is 6.07 Å². The van der Waals surface area contributed by atoms with Gasteiger partial charge in [-0.15, -0.1) is 0 Å². The molecule has 0 atom stereocenters. The van der Waals surface area contributed by atoms with Crippen LogP contribution in [0.5, 0.6) is 0 Å². The molecule has 0 radical (unpaired) electrons. The molecule has 0 unspecified atom stereocenters. The van der Waals surface area contributed by atoms with Crippen LogP contribution < -0.4 is 5.32 Å². The molecule has 8 heteroatoms. The number of fused-ring (bicyclic) bond motifs is 1. The van der Waals surface area contributed by atoms with Gasteiger partial charge in [0.05, 0.1) is 18.1 Å². The second-order valence-corrected chi connectivity index (χ2v) is 7.44. The van der Waals surface area contributed by atoms with Crippen LogP contribution in [-0.2, 0) is 12.6 Å². The first-order valence-corrected chi connectivity index (χ1v) is 10.1. The number of alkyl halides is 3. The summed E-state index contributed by atoms with van der Waals surface area (Å²) in [6.07, 6.45) is -0.759. The van der Waals surface area contributed by atoms with Gasteiger partial charge in [0, 0.05) is 41.9 Å². The number of hydrogen-bond acceptors (Lipinski definition) is 4. The molecule has 0 aliphatic carbocycles. The topological polar surface area (TPSA) is 78.9 Å². The standard InChI is InChI=1S/C25H18F3N3O2/c26-25(27,28)20-7-1-4-16(10-20)11-21-13-19-14-30-15-22(23(19)33-21)17-5-2-6-18(12-17)24(32)31-9-3-8-29/h1-2,4-7,10,12-15H,3,9,11H2,(H,31,32). The van der Waals surface area contributed by atoms with Crippen molar-refractivity contribution in [3.05, 3.63) is 89.4 Å². The predicted molar refractivity (Wildman–Crippen MR) is 116 cm³/mol. The molecule has 0 aliphatic rings. The summed E-state index contributed by atoms with van der Waals surface area (Å²) in [7, 11) is 0. The van der Waals surface area contributed by atoms with E-state index in [2.05, 4.69) is 10.3 Å². The highest BCUT2D eigenvalue weighted by Crippen LogP contribution is 2.33. The number of furan rings is 1. The number of carbonyl (C=O) groups is 1. The molecule has 0 fully saturated rings. The quantitative estimate of drug-likeness (QED) is 0.380. The fourth-order valence-electron chi connectivity index (χ4n) is 3.53. The van der Waals surface area contributed by atoms with Gasteiger partial charge >= 0.3 is 6.18 Å². The number of pyridine rings is 1. The number of halogens is 3. The third kappa shape index (κ3) is 5.04. The summed E-state index contributed by atoms with van der Waals surface area (Å²) >= 11 is 0. The number of aromatic nitrogens is 1. The molecule has 5 nitrogen and oxygen atoms in total. The van der Waals surface area contributed by atoms with E-state index >= 15 is 0 Å². The van der Waals surface area contributed by atoms with E-state index in [1.807, 2.05) is 12.1 Å². The Morgan fingerprint density at radius 2 is 1.91 bits per heavy atom. The minimum absolute atomic E-state index is 0.194. The highest BCUT2D eigenvalue weighted by molar-refractivity contribution is 5.97. The lowest BCUT2D eigenvalue weighted by molar-refractivity contribution is -0.137. The molecule has 0 saturated heterocycles. The van der Waals surface area contributed by atoms with Crippen LogP contribution in [0.25, 0.3) is 22.1 Å². The number of nitrogens with one attached hydrogen (secondary N) is 1. The number of carbonyl (C=O) groups excluding carboxylic acids is 1. The van der Waals surface area contributed by atoms with Crippen LogP contribution in [0.1, 0.15) is 33.7 Å². The fourth-order valence-corrected chi connectivity index (χ4v) is 3.53. The molecular weight excluding hydrogens is 431 g/mol. The summed E-state index contributed by atoms with van der Waals surface area (Å²) in [5.74, 6) is 0.209. The van der Waals surface area contributed by atoms with Gasteiger partial charge in [0.2, 0.25) is 0 Å². The maximum atomic E-state index is 13.0. The molecule has 166 valence electrons. The van der Waals surface area contributed by atoms with E-state index in [-0.39, 0.29) is 25.3 Å². The Labute approximate surface area is 187 Å². The zero-order chi connectivity index (χ0) is 23.4. The van der Waals surface area contributed by atoms with Crippen molar-refractivity contribution in [3.63, 3.8) is 0 Å². The van der Waals surface area contributed by atoms with Crippen LogP contribution >= 0.6 is 0 Å². The maximum Gasteiger partial charge on any atom is 0.416 e. The molecule has 4 rings (SSSR count). The summed E-state index contributed by atoms with van der Waals surface area (Å²) in [6.45, 7) is 0.258. The summed E-state index contributed by atoms with van der Waals surface area (Å²) in [5, 5.41) is 12.0. The van der Waals surface area contributed by atoms with Crippen LogP contribution in [0.15, 0.2) is 71.4 Å². The normalized spacial score (nSPS) is 11.3. The summed E-state index contributed by atoms with van der Waals surface area (Å²) in [5.41, 5.74) is 2.11. The zero-order valence-corrected chi connectivity index (χ0v) is 17.3. The molecular formula is C25H18F3N3O2. The van der Waals surface area contributed by atoms with E-state index in [9.17, 15) is 18.0 Å². The number of nitrogens with zero attached hydrogens (tertiary/aromatic N) is 2. The second-order valence-electron chi connectivity index (χ2n) is 7.44. The minimum atomic E-state index is -4.41. The van der Waals surface area contributed by atoms with Crippen molar-refractivity contribution in [2.45, 2.75) is 19.0 Å². The summed E-state index contributed by atoms with van der Waals surface area (Å²) < 4.78 is 45.1. The van der Waals surface area contributed by atoms with E-state index in [0.717, 1.165) is 12.1 Å². The van der Waals surface area contributed by atoms with E-state index in [1.54, 1.807) is 42.7 Å². The Morgan fingerprint density at radius 1 is 1.09 bits per heavy atom. The van der Waals surface area contributed by atoms with Crippen LogP contribution in [0.4, 0.5) is 13.2 Å². The third-order valence-corrected chi connectivity index (χ3v) is 5.06. The number of nitriles is 1. The fraction of sp³-hybridized carbons (Fsp3) is 0.160. The number of rotatable bonds is 6. The maximum absolute atomic E-state index is 13.0. The van der Waals surface area contributed by atoms with Crippen molar-refractivity contribution in [1.82, 2.24) is 10.3 Å². The van der Waals surface area contributed by atoms with E-state index in [4.69, 9.17) is 9.68 Å². The Hall–Kier alpha value is -4.12. The molecule has 33 heavy (non-hydrogen) atoms. The van der Waals surface area contributed by atoms with Gasteiger partial charge in [-0.05, 0) is 35.4 Å². The molecule has 4 aromatic rings. The average molecular weight is 449 g/mol. The first-order valence-electron chi connectivity index (χ1n) is 10.1. The Kier molecular flexibility index (Phi) is 6.13. The zero-order valence-electron chi connectivity index (χ0n) is 17.3. The molecule has 1 amide bonds. The smallest absolute Gasteiger partial charge is 0.416 e. The molecule has 2 aromatic carbocycles. The minimum Gasteiger partial charge on any atom is -0.460 e. The highest BCUT2D eigenvalue weighted by Gasteiger charge is 2.30. The van der Waals surface area contributed by atoms with Crippen LogP contribution in [0.2, 0.25) is 0 Å². The van der Waals surface area contributed by atoms with Gasteiger partial charge in [-0.2, -0.15) is 18.4 Å². The third-order valence-electron chi connectivity index (χ3n) is 5.06. The van der Waals surface area contributed by atoms with Gasteiger partial charge < -0.3 is 9.73 Å². The number of hydrogen-bond donors (Lipinski definition) is 1. The summed E-state index contributed by atoms with van der Waals surface area (Å²) in [4.78, 5) is 16.6. The molecule has 0 aliphatic heterocycles. The molecule has 0 saturated carbocycles. The lowest BCUT2D eigenvalue weighted by Gasteiger charge is -2.08. The first kappa shape index (κ1) is 22.1. The van der Waals surface area contributed by atoms with E-state index in [0.29, 0.717) is 39.0 Å². The molecule has 0 bridgehead atoms. The molecule has 2 aromatic heterocycles. The van der Waals surface area contributed by atoms with E-state index < -0.39 is 11.7 Å². The van der Waals surface area contributed by atoms with Crippen molar-refractivity contribution < 1.29 is 22.4 Å². The van der Waals surface area contributed by atoms with Crippen molar-refractivity contribution >= 4 is 16.9 Å². The van der Waals surface area contributed by atoms with Gasteiger partial charge in [0.15, 0.2) is 0 Å². The lowest BCUT2D eigenvalue weighted by Crippen LogP contribution is -2.24. The Bertz CT molecular complexity index is 1350. The lowest BCUT2D eigenvalue weighted by atomic mass is 10.0. The second kappa shape index (κ2) is 9.17. The number of benzene rings is 2. The van der Waals surface area contributed by atoms with Crippen molar-refractivity contribution in [3.8, 4) is 17.2 Å².